The van der Waals surface area contributed by atoms with E-state index in [9.17, 15) is 0 Å². The fourth-order valence-electron chi connectivity index (χ4n) is 6.11. The van der Waals surface area contributed by atoms with Gasteiger partial charge in [0, 0.05) is 18.4 Å². The molecule has 4 aliphatic rings. The molecule has 2 nitrogen and oxygen atoms in total. The van der Waals surface area contributed by atoms with Crippen molar-refractivity contribution in [2.45, 2.75) is 57.9 Å². The van der Waals surface area contributed by atoms with Gasteiger partial charge in [-0.15, -0.1) is 0 Å². The highest BCUT2D eigenvalue weighted by Gasteiger charge is 2.51. The molecule has 4 bridgehead atoms. The fraction of sp³-hybridized carbons (Fsp3) is 0.737. The van der Waals surface area contributed by atoms with Crippen molar-refractivity contribution in [2.75, 3.05) is 6.54 Å². The Hall–Kier alpha value is -0.890. The number of aromatic nitrogens is 1. The van der Waals surface area contributed by atoms with Crippen molar-refractivity contribution in [1.29, 1.82) is 0 Å². The van der Waals surface area contributed by atoms with Crippen LogP contribution in [0.15, 0.2) is 24.5 Å². The smallest absolute Gasteiger partial charge is 0.0340 e. The van der Waals surface area contributed by atoms with Gasteiger partial charge >= 0.3 is 0 Å². The highest BCUT2D eigenvalue weighted by molar-refractivity contribution is 5.15. The molecule has 0 spiro atoms. The molecule has 21 heavy (non-hydrogen) atoms. The average Bonchev–Trinajstić information content (AvgIpc) is 2.46. The van der Waals surface area contributed by atoms with Crippen molar-refractivity contribution in [2.24, 2.45) is 23.2 Å². The van der Waals surface area contributed by atoms with Gasteiger partial charge in [0.25, 0.3) is 0 Å². The third-order valence-corrected chi connectivity index (χ3v) is 6.34. The van der Waals surface area contributed by atoms with Gasteiger partial charge < -0.3 is 5.32 Å². The summed E-state index contributed by atoms with van der Waals surface area (Å²) in [5.74, 6) is 3.15. The van der Waals surface area contributed by atoms with E-state index in [2.05, 4.69) is 35.6 Å². The fourth-order valence-corrected chi connectivity index (χ4v) is 6.11. The Kier molecular flexibility index (Phi) is 3.53. The topological polar surface area (TPSA) is 24.9 Å². The van der Waals surface area contributed by atoms with Gasteiger partial charge in [0.05, 0.1) is 0 Å². The predicted octanol–water partition coefficient (Wildman–Crippen LogP) is 4.34. The zero-order chi connectivity index (χ0) is 14.3. The maximum absolute atomic E-state index is 4.34. The number of rotatable bonds is 5. The van der Waals surface area contributed by atoms with Crippen LogP contribution < -0.4 is 5.32 Å². The SMILES string of the molecule is CCNC(CC12CC3CC(CC(C3)C1)C2)c1cccnc1. The number of nitrogens with zero attached hydrogens (tertiary/aromatic N) is 1. The Morgan fingerprint density at radius 3 is 2.38 bits per heavy atom. The van der Waals surface area contributed by atoms with Gasteiger partial charge in [-0.25, -0.2) is 0 Å². The van der Waals surface area contributed by atoms with Crippen molar-refractivity contribution in [3.63, 3.8) is 0 Å². The molecule has 0 amide bonds. The van der Waals surface area contributed by atoms with Gasteiger partial charge in [-0.2, -0.15) is 0 Å². The summed E-state index contributed by atoms with van der Waals surface area (Å²) in [5, 5.41) is 3.73. The highest BCUT2D eigenvalue weighted by Crippen LogP contribution is 2.62. The summed E-state index contributed by atoms with van der Waals surface area (Å²) in [7, 11) is 0. The van der Waals surface area contributed by atoms with Crippen molar-refractivity contribution in [3.05, 3.63) is 30.1 Å². The third-order valence-electron chi connectivity index (χ3n) is 6.34. The van der Waals surface area contributed by atoms with Crippen molar-refractivity contribution in [1.82, 2.24) is 10.3 Å². The first-order valence-corrected chi connectivity index (χ1v) is 8.90. The molecule has 1 N–H and O–H groups in total. The van der Waals surface area contributed by atoms with Crippen LogP contribution in [0.1, 0.15) is 63.5 Å². The summed E-state index contributed by atoms with van der Waals surface area (Å²) >= 11 is 0. The predicted molar refractivity (Wildman–Crippen MR) is 85.9 cm³/mol. The second-order valence-electron chi connectivity index (χ2n) is 8.02. The van der Waals surface area contributed by atoms with Crippen LogP contribution in [0.3, 0.4) is 0 Å². The molecule has 4 saturated carbocycles. The quantitative estimate of drug-likeness (QED) is 0.870. The van der Waals surface area contributed by atoms with Crippen LogP contribution in [-0.4, -0.2) is 11.5 Å². The van der Waals surface area contributed by atoms with E-state index in [0.29, 0.717) is 11.5 Å². The van der Waals surface area contributed by atoms with E-state index < -0.39 is 0 Å². The van der Waals surface area contributed by atoms with Crippen LogP contribution in [0.2, 0.25) is 0 Å². The number of nitrogens with one attached hydrogen (secondary N) is 1. The van der Waals surface area contributed by atoms with Crippen molar-refractivity contribution >= 4 is 0 Å². The van der Waals surface area contributed by atoms with Crippen LogP contribution in [0.5, 0.6) is 0 Å². The summed E-state index contributed by atoms with van der Waals surface area (Å²) in [4.78, 5) is 4.34. The number of pyridine rings is 1. The minimum Gasteiger partial charge on any atom is -0.310 e. The standard InChI is InChI=1S/C19H28N2/c1-2-21-18(17-4-3-5-20-13-17)12-19-9-14-6-15(10-19)8-16(7-14)11-19/h3-5,13-16,18,21H,2,6-12H2,1H3. The van der Waals surface area contributed by atoms with Gasteiger partial charge in [-0.1, -0.05) is 13.0 Å². The van der Waals surface area contributed by atoms with E-state index in [1.54, 1.807) is 0 Å². The zero-order valence-electron chi connectivity index (χ0n) is 13.2. The maximum Gasteiger partial charge on any atom is 0.0340 e. The van der Waals surface area contributed by atoms with Crippen LogP contribution >= 0.6 is 0 Å². The molecule has 4 aliphatic carbocycles. The molecule has 2 heteroatoms. The number of hydrogen-bond donors (Lipinski definition) is 1. The first-order valence-electron chi connectivity index (χ1n) is 8.90. The molecule has 114 valence electrons. The highest BCUT2D eigenvalue weighted by atomic mass is 14.9. The van der Waals surface area contributed by atoms with Gasteiger partial charge in [0.2, 0.25) is 0 Å². The summed E-state index contributed by atoms with van der Waals surface area (Å²) < 4.78 is 0. The van der Waals surface area contributed by atoms with E-state index in [4.69, 9.17) is 0 Å². The Bertz CT molecular complexity index is 446. The molecule has 1 aromatic heterocycles. The van der Waals surface area contributed by atoms with E-state index in [-0.39, 0.29) is 0 Å². The van der Waals surface area contributed by atoms with E-state index in [1.165, 1.54) is 50.5 Å². The van der Waals surface area contributed by atoms with E-state index in [0.717, 1.165) is 24.3 Å². The molecule has 1 atom stereocenters. The van der Waals surface area contributed by atoms with Crippen LogP contribution in [0.4, 0.5) is 0 Å². The minimum absolute atomic E-state index is 0.500. The second-order valence-corrected chi connectivity index (χ2v) is 8.02. The largest absolute Gasteiger partial charge is 0.310 e. The molecule has 0 saturated heterocycles. The molecule has 1 unspecified atom stereocenters. The lowest BCUT2D eigenvalue weighted by atomic mass is 9.48. The van der Waals surface area contributed by atoms with Gasteiger partial charge in [-0.3, -0.25) is 4.98 Å². The maximum atomic E-state index is 4.34. The first-order chi connectivity index (χ1) is 10.3. The molecule has 0 aromatic carbocycles. The van der Waals surface area contributed by atoms with Crippen molar-refractivity contribution < 1.29 is 0 Å². The summed E-state index contributed by atoms with van der Waals surface area (Å²) in [5.41, 5.74) is 2.02. The Labute approximate surface area is 128 Å². The van der Waals surface area contributed by atoms with Crippen LogP contribution in [0.25, 0.3) is 0 Å². The minimum atomic E-state index is 0.500. The van der Waals surface area contributed by atoms with Gasteiger partial charge in [0.1, 0.15) is 0 Å². The molecular weight excluding hydrogens is 256 g/mol. The van der Waals surface area contributed by atoms with Gasteiger partial charge in [-0.05, 0) is 86.3 Å². The lowest BCUT2D eigenvalue weighted by Gasteiger charge is -2.57. The lowest BCUT2D eigenvalue weighted by molar-refractivity contribution is -0.0622. The third kappa shape index (κ3) is 2.63. The van der Waals surface area contributed by atoms with E-state index >= 15 is 0 Å². The van der Waals surface area contributed by atoms with Crippen LogP contribution in [-0.2, 0) is 0 Å². The first kappa shape index (κ1) is 13.8. The Morgan fingerprint density at radius 1 is 1.19 bits per heavy atom. The molecule has 1 heterocycles. The van der Waals surface area contributed by atoms with Gasteiger partial charge in [0.15, 0.2) is 0 Å². The van der Waals surface area contributed by atoms with Crippen molar-refractivity contribution in [3.8, 4) is 0 Å². The molecule has 1 aromatic rings. The molecule has 0 radical (unpaired) electrons. The Morgan fingerprint density at radius 2 is 1.86 bits per heavy atom. The molecule has 0 aliphatic heterocycles. The summed E-state index contributed by atoms with van der Waals surface area (Å²) in [6, 6.07) is 4.83. The van der Waals surface area contributed by atoms with Crippen LogP contribution in [0, 0.1) is 23.2 Å². The number of hydrogen-bond acceptors (Lipinski definition) is 2. The molecular formula is C19H28N2. The van der Waals surface area contributed by atoms with E-state index in [1.807, 2.05) is 6.20 Å². The lowest BCUT2D eigenvalue weighted by Crippen LogP contribution is -2.47. The Balaban J connectivity index is 1.55. The normalized spacial score (nSPS) is 38.6. The average molecular weight is 284 g/mol. The monoisotopic (exact) mass is 284 g/mol. The summed E-state index contributed by atoms with van der Waals surface area (Å²) in [6.07, 6.45) is 14.4. The molecule has 5 rings (SSSR count). The zero-order valence-corrected chi connectivity index (χ0v) is 13.2. The summed E-state index contributed by atoms with van der Waals surface area (Å²) in [6.45, 7) is 3.27. The second kappa shape index (κ2) is 5.39. The molecule has 4 fully saturated rings.